The number of aliphatic hydroxyl groups is 1. The maximum Gasteiger partial charge on any atom is 0.115 e. The van der Waals surface area contributed by atoms with Crippen LogP contribution in [0, 0.1) is 0 Å². The third kappa shape index (κ3) is 9.69. The van der Waals surface area contributed by atoms with Crippen LogP contribution < -0.4 is 0 Å². The summed E-state index contributed by atoms with van der Waals surface area (Å²) >= 11 is 0. The number of hydrogen-bond acceptors (Lipinski definition) is 6. The second-order valence-electron chi connectivity index (χ2n) is 10.9. The maximum atomic E-state index is 9.45. The number of hydrogen-bond donors (Lipinski definition) is 1. The molecule has 1 N–H and O–H groups in total. The summed E-state index contributed by atoms with van der Waals surface area (Å²) in [7, 11) is 0. The van der Waals surface area contributed by atoms with E-state index in [4.69, 9.17) is 23.7 Å². The molecule has 5 rings (SSSR count). The Labute approximate surface area is 260 Å². The molecule has 0 aliphatic carbocycles. The lowest BCUT2D eigenvalue weighted by molar-refractivity contribution is -0.271. The van der Waals surface area contributed by atoms with Crippen LogP contribution in [0.25, 0.3) is 0 Å². The smallest absolute Gasteiger partial charge is 0.115 e. The van der Waals surface area contributed by atoms with Crippen molar-refractivity contribution in [1.82, 2.24) is 0 Å². The molecule has 4 aromatic carbocycles. The van der Waals surface area contributed by atoms with Gasteiger partial charge in [0.05, 0.1) is 45.7 Å². The van der Waals surface area contributed by atoms with Crippen LogP contribution in [0.2, 0.25) is 0 Å². The molecule has 1 fully saturated rings. The number of ether oxygens (including phenoxy) is 5. The van der Waals surface area contributed by atoms with E-state index in [1.165, 1.54) is 0 Å². The van der Waals surface area contributed by atoms with E-state index in [2.05, 4.69) is 24.3 Å². The van der Waals surface area contributed by atoms with Gasteiger partial charge in [0.2, 0.25) is 0 Å². The van der Waals surface area contributed by atoms with Crippen molar-refractivity contribution in [2.24, 2.45) is 0 Å². The van der Waals surface area contributed by atoms with Crippen LogP contribution in [0.4, 0.5) is 0 Å². The Hall–Kier alpha value is -3.62. The molecule has 1 heterocycles. The largest absolute Gasteiger partial charge is 0.392 e. The average Bonchev–Trinajstić information content (AvgIpc) is 3.08. The van der Waals surface area contributed by atoms with Crippen LogP contribution in [-0.2, 0) is 50.1 Å². The van der Waals surface area contributed by atoms with Gasteiger partial charge in [-0.2, -0.15) is 0 Å². The topological polar surface area (TPSA) is 66.4 Å². The average molecular weight is 595 g/mol. The Morgan fingerprint density at radius 1 is 0.500 bits per heavy atom. The molecule has 230 valence electrons. The molecule has 0 amide bonds. The van der Waals surface area contributed by atoms with Crippen molar-refractivity contribution in [1.29, 1.82) is 0 Å². The van der Waals surface area contributed by atoms with E-state index in [0.29, 0.717) is 39.5 Å². The molecule has 6 heteroatoms. The minimum Gasteiger partial charge on any atom is -0.392 e. The molecular weight excluding hydrogens is 552 g/mol. The lowest BCUT2D eigenvalue weighted by atomic mass is 9.92. The van der Waals surface area contributed by atoms with Crippen molar-refractivity contribution in [3.8, 4) is 0 Å². The minimum absolute atomic E-state index is 0.0391. The Bertz CT molecular complexity index is 1350. The molecule has 4 aromatic rings. The molecule has 5 atom stereocenters. The van der Waals surface area contributed by atoms with Gasteiger partial charge in [0.25, 0.3) is 0 Å². The summed E-state index contributed by atoms with van der Waals surface area (Å²) in [4.78, 5) is 0. The van der Waals surface area contributed by atoms with Gasteiger partial charge in [0.15, 0.2) is 0 Å². The summed E-state index contributed by atoms with van der Waals surface area (Å²) in [5.74, 6) is 0. The molecule has 0 unspecified atom stereocenters. The summed E-state index contributed by atoms with van der Waals surface area (Å²) < 4.78 is 33.1. The highest BCUT2D eigenvalue weighted by Gasteiger charge is 2.48. The molecule has 0 radical (unpaired) electrons. The summed E-state index contributed by atoms with van der Waals surface area (Å²) in [5, 5.41) is 9.45. The van der Waals surface area contributed by atoms with Crippen molar-refractivity contribution in [3.05, 3.63) is 156 Å². The van der Waals surface area contributed by atoms with Gasteiger partial charge >= 0.3 is 0 Å². The van der Waals surface area contributed by atoms with Gasteiger partial charge in [0.1, 0.15) is 24.4 Å². The first-order valence-corrected chi connectivity index (χ1v) is 15.3. The zero-order valence-corrected chi connectivity index (χ0v) is 25.0. The van der Waals surface area contributed by atoms with Crippen molar-refractivity contribution in [2.75, 3.05) is 13.2 Å². The molecule has 0 spiro atoms. The number of benzene rings is 4. The molecule has 1 aliphatic rings. The van der Waals surface area contributed by atoms with Gasteiger partial charge in [-0.25, -0.2) is 0 Å². The molecule has 0 aromatic heterocycles. The first-order chi connectivity index (χ1) is 21.8. The fraction of sp³-hybridized carbons (Fsp3) is 0.316. The SMILES string of the molecule is OC/C=C/C[C@@H]1O[C@H](COCc2ccccc2)[C@@H](OCc2ccccc2)[C@H](OCc2ccccc2)[C@H]1OCc1ccccc1. The first kappa shape index (κ1) is 31.8. The van der Waals surface area contributed by atoms with Crippen molar-refractivity contribution in [3.63, 3.8) is 0 Å². The summed E-state index contributed by atoms with van der Waals surface area (Å²) in [6, 6.07) is 40.5. The maximum absolute atomic E-state index is 9.45. The third-order valence-electron chi connectivity index (χ3n) is 7.62. The molecule has 1 saturated heterocycles. The summed E-state index contributed by atoms with van der Waals surface area (Å²) in [6.07, 6.45) is 2.11. The van der Waals surface area contributed by atoms with E-state index >= 15 is 0 Å². The van der Waals surface area contributed by atoms with Crippen molar-refractivity contribution in [2.45, 2.75) is 63.4 Å². The highest BCUT2D eigenvalue weighted by Crippen LogP contribution is 2.32. The fourth-order valence-electron chi connectivity index (χ4n) is 5.38. The highest BCUT2D eigenvalue weighted by atomic mass is 16.6. The zero-order valence-electron chi connectivity index (χ0n) is 25.0. The Balaban J connectivity index is 1.42. The van der Waals surface area contributed by atoms with Gasteiger partial charge in [-0.15, -0.1) is 0 Å². The Morgan fingerprint density at radius 3 is 1.36 bits per heavy atom. The van der Waals surface area contributed by atoms with E-state index in [1.54, 1.807) is 6.08 Å². The normalized spacial score (nSPS) is 21.9. The summed E-state index contributed by atoms with van der Waals surface area (Å²) in [6.45, 7) is 1.95. The van der Waals surface area contributed by atoms with E-state index < -0.39 is 24.4 Å². The Morgan fingerprint density at radius 2 is 0.909 bits per heavy atom. The van der Waals surface area contributed by atoms with E-state index in [-0.39, 0.29) is 12.7 Å². The second kappa shape index (κ2) is 17.6. The van der Waals surface area contributed by atoms with Crippen LogP contribution in [0.15, 0.2) is 133 Å². The quantitative estimate of drug-likeness (QED) is 0.146. The van der Waals surface area contributed by atoms with E-state index in [1.807, 2.05) is 103 Å². The molecular formula is C38H42O6. The number of rotatable bonds is 16. The van der Waals surface area contributed by atoms with Gasteiger partial charge in [0, 0.05) is 0 Å². The molecule has 0 saturated carbocycles. The lowest BCUT2D eigenvalue weighted by Crippen LogP contribution is -2.61. The standard InChI is InChI=1S/C38H42O6/c39-24-14-13-23-34-36(41-26-31-17-7-2-8-18-31)38(43-28-33-21-11-4-12-22-33)37(42-27-32-19-9-3-10-20-32)35(44-34)29-40-25-30-15-5-1-6-16-30/h1-22,34-39H,23-29H2/b14-13+/t34-,35+,36-,37+,38+/m0/s1. The lowest BCUT2D eigenvalue weighted by Gasteiger charge is -2.46. The minimum atomic E-state index is -0.464. The van der Waals surface area contributed by atoms with Crippen molar-refractivity contribution < 1.29 is 28.8 Å². The highest BCUT2D eigenvalue weighted by molar-refractivity contribution is 5.16. The predicted molar refractivity (Wildman–Crippen MR) is 171 cm³/mol. The van der Waals surface area contributed by atoms with Gasteiger partial charge < -0.3 is 28.8 Å². The van der Waals surface area contributed by atoms with Crippen LogP contribution in [0.5, 0.6) is 0 Å². The van der Waals surface area contributed by atoms with Gasteiger partial charge in [-0.3, -0.25) is 0 Å². The van der Waals surface area contributed by atoms with Crippen LogP contribution in [-0.4, -0.2) is 48.8 Å². The van der Waals surface area contributed by atoms with Crippen LogP contribution in [0.1, 0.15) is 28.7 Å². The monoisotopic (exact) mass is 594 g/mol. The van der Waals surface area contributed by atoms with Gasteiger partial charge in [-0.1, -0.05) is 133 Å². The Kier molecular flexibility index (Phi) is 12.7. The molecule has 1 aliphatic heterocycles. The summed E-state index contributed by atoms with van der Waals surface area (Å²) in [5.41, 5.74) is 4.28. The molecule has 44 heavy (non-hydrogen) atoms. The van der Waals surface area contributed by atoms with Crippen LogP contribution >= 0.6 is 0 Å². The second-order valence-corrected chi connectivity index (χ2v) is 10.9. The third-order valence-corrected chi connectivity index (χ3v) is 7.62. The molecule has 6 nitrogen and oxygen atoms in total. The fourth-order valence-corrected chi connectivity index (χ4v) is 5.38. The van der Waals surface area contributed by atoms with E-state index in [0.717, 1.165) is 22.3 Å². The van der Waals surface area contributed by atoms with Crippen LogP contribution in [0.3, 0.4) is 0 Å². The number of aliphatic hydroxyl groups excluding tert-OH is 1. The first-order valence-electron chi connectivity index (χ1n) is 15.3. The van der Waals surface area contributed by atoms with Crippen molar-refractivity contribution >= 4 is 0 Å². The zero-order chi connectivity index (χ0) is 30.2. The van der Waals surface area contributed by atoms with E-state index in [9.17, 15) is 5.11 Å². The molecule has 0 bridgehead atoms. The predicted octanol–water partition coefficient (Wildman–Crippen LogP) is 6.67. The van der Waals surface area contributed by atoms with Gasteiger partial charge in [-0.05, 0) is 28.7 Å².